The fraction of sp³-hybridized carbons (Fsp3) is 0.273. The average molecular weight is 425 g/mol. The molecule has 0 radical (unpaired) electrons. The van der Waals surface area contributed by atoms with E-state index < -0.39 is 23.3 Å². The first-order chi connectivity index (χ1) is 14.9. The third-order valence-electron chi connectivity index (χ3n) is 5.52. The van der Waals surface area contributed by atoms with E-state index in [0.717, 1.165) is 0 Å². The van der Waals surface area contributed by atoms with Gasteiger partial charge in [0.25, 0.3) is 5.91 Å². The number of rotatable bonds is 7. The normalized spacial score (nSPS) is 20.0. The third kappa shape index (κ3) is 3.90. The van der Waals surface area contributed by atoms with Crippen molar-refractivity contribution in [2.45, 2.75) is 24.4 Å². The number of para-hydroxylation sites is 1. The Morgan fingerprint density at radius 3 is 2.65 bits per heavy atom. The molecule has 9 heteroatoms. The molecule has 0 bridgehead atoms. The summed E-state index contributed by atoms with van der Waals surface area (Å²) in [7, 11) is 1.45. The average Bonchev–Trinajstić information content (AvgIpc) is 2.76. The summed E-state index contributed by atoms with van der Waals surface area (Å²) >= 11 is 0. The third-order valence-corrected chi connectivity index (χ3v) is 5.52. The quantitative estimate of drug-likeness (QED) is 0.602. The summed E-state index contributed by atoms with van der Waals surface area (Å²) in [6.07, 6.45) is 0.905. The molecule has 0 atom stereocenters. The van der Waals surface area contributed by atoms with Crippen LogP contribution in [-0.2, 0) is 5.41 Å². The molecule has 1 saturated carbocycles. The molecule has 1 aliphatic carbocycles. The number of methoxy groups -OCH3 is 1. The maximum atomic E-state index is 14.3. The van der Waals surface area contributed by atoms with E-state index in [4.69, 9.17) is 10.5 Å². The molecule has 160 valence electrons. The van der Waals surface area contributed by atoms with Gasteiger partial charge in [-0.1, -0.05) is 6.07 Å². The van der Waals surface area contributed by atoms with Gasteiger partial charge in [0.05, 0.1) is 24.1 Å². The lowest BCUT2D eigenvalue weighted by Gasteiger charge is -2.44. The van der Waals surface area contributed by atoms with E-state index in [1.165, 1.54) is 25.4 Å². The molecular formula is C22H21F2N5O2. The first-order valence-electron chi connectivity index (χ1n) is 9.73. The maximum absolute atomic E-state index is 14.3. The van der Waals surface area contributed by atoms with Gasteiger partial charge >= 0.3 is 0 Å². The van der Waals surface area contributed by atoms with Crippen LogP contribution in [-0.4, -0.2) is 40.9 Å². The van der Waals surface area contributed by atoms with Gasteiger partial charge in [-0.25, -0.2) is 8.78 Å². The van der Waals surface area contributed by atoms with Crippen LogP contribution < -0.4 is 15.8 Å². The molecule has 0 spiro atoms. The van der Waals surface area contributed by atoms with Crippen LogP contribution in [0.5, 0.6) is 5.75 Å². The lowest BCUT2D eigenvalue weighted by molar-refractivity contribution is 0.0963. The van der Waals surface area contributed by atoms with Crippen LogP contribution in [0.15, 0.2) is 48.7 Å². The number of nitrogens with one attached hydrogen (secondary N) is 1. The van der Waals surface area contributed by atoms with Crippen molar-refractivity contribution < 1.29 is 18.3 Å². The van der Waals surface area contributed by atoms with E-state index in [0.29, 0.717) is 22.8 Å². The number of halogens is 2. The predicted molar refractivity (Wildman–Crippen MR) is 111 cm³/mol. The Morgan fingerprint density at radius 2 is 2.03 bits per heavy atom. The summed E-state index contributed by atoms with van der Waals surface area (Å²) < 4.78 is 33.3. The van der Waals surface area contributed by atoms with Gasteiger partial charge in [0, 0.05) is 23.7 Å². The summed E-state index contributed by atoms with van der Waals surface area (Å²) in [6, 6.07) is 11.3. The fourth-order valence-corrected chi connectivity index (χ4v) is 3.97. The highest BCUT2D eigenvalue weighted by Crippen LogP contribution is 2.45. The maximum Gasteiger partial charge on any atom is 0.252 e. The number of hydrogen-bond donors (Lipinski definition) is 2. The molecule has 1 fully saturated rings. The van der Waals surface area contributed by atoms with Crippen molar-refractivity contribution in [1.82, 2.24) is 15.2 Å². The molecule has 0 saturated heterocycles. The number of hydrogen-bond acceptors (Lipinski definition) is 6. The van der Waals surface area contributed by atoms with Crippen molar-refractivity contribution in [3.05, 3.63) is 65.7 Å². The minimum Gasteiger partial charge on any atom is -0.495 e. The molecule has 3 aromatic rings. The number of carbonyl (C=O) groups is 1. The number of primary amides is 1. The Kier molecular flexibility index (Phi) is 5.50. The molecule has 2 aromatic heterocycles. The molecule has 4 rings (SSSR count). The highest BCUT2D eigenvalue weighted by atomic mass is 19.1. The Balaban J connectivity index is 1.54. The number of carbonyl (C=O) groups excluding carboxylic acids is 1. The second kappa shape index (κ2) is 8.25. The molecule has 0 unspecified atom stereocenters. The summed E-state index contributed by atoms with van der Waals surface area (Å²) in [6.45, 7) is 0.274. The number of benzene rings is 1. The Bertz CT molecular complexity index is 1100. The minimum absolute atomic E-state index is 0.191. The van der Waals surface area contributed by atoms with Gasteiger partial charge in [0.15, 0.2) is 0 Å². The van der Waals surface area contributed by atoms with Crippen molar-refractivity contribution in [2.24, 2.45) is 5.73 Å². The van der Waals surface area contributed by atoms with Crippen LogP contribution in [0.1, 0.15) is 28.9 Å². The summed E-state index contributed by atoms with van der Waals surface area (Å²) in [5.41, 5.74) is 6.24. The zero-order valence-electron chi connectivity index (χ0n) is 16.8. The van der Waals surface area contributed by atoms with Crippen molar-refractivity contribution in [2.75, 3.05) is 19.0 Å². The first kappa shape index (κ1) is 20.6. The van der Waals surface area contributed by atoms with Crippen LogP contribution in [0.3, 0.4) is 0 Å². The number of ether oxygens (including phenoxy) is 1. The number of alkyl halides is 1. The number of pyridine rings is 1. The first-order valence-corrected chi connectivity index (χ1v) is 9.73. The van der Waals surface area contributed by atoms with Crippen LogP contribution in [0.25, 0.3) is 11.3 Å². The zero-order valence-corrected chi connectivity index (χ0v) is 16.8. The molecule has 1 aromatic carbocycles. The molecule has 1 amide bonds. The predicted octanol–water partition coefficient (Wildman–Crippen LogP) is 3.27. The van der Waals surface area contributed by atoms with Gasteiger partial charge in [0.2, 0.25) is 0 Å². The molecule has 0 aliphatic heterocycles. The summed E-state index contributed by atoms with van der Waals surface area (Å²) in [5.74, 6) is -0.285. The number of nitrogens with zero attached hydrogens (tertiary/aromatic N) is 3. The van der Waals surface area contributed by atoms with E-state index >= 15 is 0 Å². The van der Waals surface area contributed by atoms with E-state index in [1.807, 2.05) is 0 Å². The standard InChI is InChI=1S/C22H21F2N5O2/c1-31-19-14(4-2-5-15(19)21(25)30)17-7-8-18(29-28-17)27-12-22(10-13(23)11-22)20-16(24)6-3-9-26-20/h2-9,13H,10-12H2,1H3,(H2,25,30)(H,27,29). The van der Waals surface area contributed by atoms with Gasteiger partial charge in [-0.2, -0.15) is 0 Å². The van der Waals surface area contributed by atoms with Crippen molar-refractivity contribution in [1.29, 1.82) is 0 Å². The summed E-state index contributed by atoms with van der Waals surface area (Å²) in [5, 5.41) is 11.5. The topological polar surface area (TPSA) is 103 Å². The van der Waals surface area contributed by atoms with Gasteiger partial charge in [-0.05, 0) is 49.2 Å². The monoisotopic (exact) mass is 425 g/mol. The van der Waals surface area contributed by atoms with Crippen LogP contribution in [0.4, 0.5) is 14.6 Å². The molecule has 7 nitrogen and oxygen atoms in total. The van der Waals surface area contributed by atoms with Crippen molar-refractivity contribution >= 4 is 11.7 Å². The van der Waals surface area contributed by atoms with Gasteiger partial charge in [-0.3, -0.25) is 9.78 Å². The molecule has 3 N–H and O–H groups in total. The van der Waals surface area contributed by atoms with Gasteiger partial charge < -0.3 is 15.8 Å². The molecule has 31 heavy (non-hydrogen) atoms. The van der Waals surface area contributed by atoms with E-state index in [1.54, 1.807) is 30.3 Å². The van der Waals surface area contributed by atoms with E-state index in [9.17, 15) is 13.6 Å². The summed E-state index contributed by atoms with van der Waals surface area (Å²) in [4.78, 5) is 15.8. The molecular weight excluding hydrogens is 404 g/mol. The number of anilines is 1. The van der Waals surface area contributed by atoms with Crippen LogP contribution >= 0.6 is 0 Å². The van der Waals surface area contributed by atoms with Crippen LogP contribution in [0.2, 0.25) is 0 Å². The Hall–Kier alpha value is -3.62. The van der Waals surface area contributed by atoms with Crippen LogP contribution in [0, 0.1) is 5.82 Å². The molecule has 2 heterocycles. The smallest absolute Gasteiger partial charge is 0.252 e. The lowest BCUT2D eigenvalue weighted by atomic mass is 9.65. The lowest BCUT2D eigenvalue weighted by Crippen LogP contribution is -2.49. The Morgan fingerprint density at radius 1 is 1.23 bits per heavy atom. The number of amides is 1. The second-order valence-electron chi connectivity index (χ2n) is 7.53. The molecule has 1 aliphatic rings. The minimum atomic E-state index is -0.985. The number of aromatic nitrogens is 3. The van der Waals surface area contributed by atoms with E-state index in [2.05, 4.69) is 20.5 Å². The van der Waals surface area contributed by atoms with Gasteiger partial charge in [-0.15, -0.1) is 10.2 Å². The SMILES string of the molecule is COc1c(C(N)=O)cccc1-c1ccc(NCC2(c3ncccc3F)CC(F)C2)nn1. The zero-order chi connectivity index (χ0) is 22.0. The fourth-order valence-electron chi connectivity index (χ4n) is 3.97. The number of nitrogens with two attached hydrogens (primary N) is 1. The van der Waals surface area contributed by atoms with Crippen molar-refractivity contribution in [3.8, 4) is 17.0 Å². The largest absolute Gasteiger partial charge is 0.495 e. The Labute approximate surface area is 177 Å². The highest BCUT2D eigenvalue weighted by Gasteiger charge is 2.48. The van der Waals surface area contributed by atoms with Gasteiger partial charge in [0.1, 0.15) is 23.6 Å². The van der Waals surface area contributed by atoms with E-state index in [-0.39, 0.29) is 30.6 Å². The second-order valence-corrected chi connectivity index (χ2v) is 7.53. The highest BCUT2D eigenvalue weighted by molar-refractivity contribution is 5.98. The van der Waals surface area contributed by atoms with Crippen molar-refractivity contribution in [3.63, 3.8) is 0 Å².